The summed E-state index contributed by atoms with van der Waals surface area (Å²) >= 11 is 0. The first-order chi connectivity index (χ1) is 13.2. The molecule has 0 saturated heterocycles. The molecule has 0 unspecified atom stereocenters. The lowest BCUT2D eigenvalue weighted by Crippen LogP contribution is -2.25. The molecule has 0 atom stereocenters. The quantitative estimate of drug-likeness (QED) is 0.375. The zero-order chi connectivity index (χ0) is 19.7. The number of fused-ring (bicyclic) bond motifs is 3. The molecule has 5 rings (SSSR count). The van der Waals surface area contributed by atoms with Crippen molar-refractivity contribution in [1.29, 1.82) is 0 Å². The molecule has 2 heteroatoms. The summed E-state index contributed by atoms with van der Waals surface area (Å²) in [4.78, 5) is 9.44. The molecule has 0 bridgehead atoms. The van der Waals surface area contributed by atoms with Crippen LogP contribution in [0.5, 0.6) is 0 Å². The van der Waals surface area contributed by atoms with Crippen molar-refractivity contribution >= 4 is 21.7 Å². The molecular formula is C26H26N2. The van der Waals surface area contributed by atoms with Crippen LogP contribution in [-0.4, -0.2) is 9.97 Å². The molecule has 0 fully saturated rings. The van der Waals surface area contributed by atoms with Gasteiger partial charge in [-0.15, -0.1) is 0 Å². The highest BCUT2D eigenvalue weighted by Gasteiger charge is 2.35. The van der Waals surface area contributed by atoms with Crippen LogP contribution in [0.2, 0.25) is 0 Å². The zero-order valence-electron chi connectivity index (χ0n) is 17.3. The van der Waals surface area contributed by atoms with E-state index in [0.29, 0.717) is 0 Å². The van der Waals surface area contributed by atoms with Crippen molar-refractivity contribution in [3.05, 3.63) is 71.5 Å². The van der Waals surface area contributed by atoms with Gasteiger partial charge < -0.3 is 0 Å². The summed E-state index contributed by atoms with van der Waals surface area (Å²) < 4.78 is 0. The first kappa shape index (κ1) is 17.4. The van der Waals surface area contributed by atoms with E-state index in [0.717, 1.165) is 17.6 Å². The van der Waals surface area contributed by atoms with E-state index in [1.54, 1.807) is 0 Å². The van der Waals surface area contributed by atoms with Gasteiger partial charge >= 0.3 is 0 Å². The van der Waals surface area contributed by atoms with Crippen LogP contribution >= 0.6 is 0 Å². The molecule has 2 heterocycles. The third kappa shape index (κ3) is 2.55. The number of hydrogen-bond acceptors (Lipinski definition) is 2. The summed E-state index contributed by atoms with van der Waals surface area (Å²) in [5, 5.41) is 3.77. The van der Waals surface area contributed by atoms with E-state index in [2.05, 4.69) is 76.0 Å². The Balaban J connectivity index is 1.87. The van der Waals surface area contributed by atoms with Crippen molar-refractivity contribution < 1.29 is 0 Å². The Hall–Kier alpha value is -2.74. The number of aromatic nitrogens is 2. The third-order valence-electron chi connectivity index (χ3n) is 6.00. The van der Waals surface area contributed by atoms with Crippen molar-refractivity contribution in [2.24, 2.45) is 5.41 Å². The van der Waals surface area contributed by atoms with Gasteiger partial charge in [-0.1, -0.05) is 52.8 Å². The smallest absolute Gasteiger partial charge is 0.0786 e. The fraction of sp³-hybridized carbons (Fsp3) is 0.308. The van der Waals surface area contributed by atoms with Crippen molar-refractivity contribution in [3.63, 3.8) is 0 Å². The third-order valence-corrected chi connectivity index (χ3v) is 6.00. The summed E-state index contributed by atoms with van der Waals surface area (Å²) in [6.45, 7) is 11.6. The topological polar surface area (TPSA) is 25.8 Å². The molecule has 28 heavy (non-hydrogen) atoms. The van der Waals surface area contributed by atoms with E-state index < -0.39 is 0 Å². The van der Waals surface area contributed by atoms with Crippen molar-refractivity contribution in [1.82, 2.24) is 9.97 Å². The normalized spacial score (nSPS) is 15.0. The van der Waals surface area contributed by atoms with Crippen molar-refractivity contribution in [2.75, 3.05) is 0 Å². The van der Waals surface area contributed by atoms with Crippen LogP contribution in [-0.2, 0) is 11.8 Å². The summed E-state index contributed by atoms with van der Waals surface area (Å²) in [5.74, 6) is 0. The highest BCUT2D eigenvalue weighted by molar-refractivity contribution is 6.03. The Morgan fingerprint density at radius 3 is 2.46 bits per heavy atom. The average Bonchev–Trinajstić information content (AvgIpc) is 2.63. The lowest BCUT2D eigenvalue weighted by Gasteiger charge is -2.35. The number of nitrogens with zero attached hydrogens (tertiary/aromatic N) is 2. The van der Waals surface area contributed by atoms with Gasteiger partial charge in [-0.2, -0.15) is 0 Å². The van der Waals surface area contributed by atoms with E-state index in [1.165, 1.54) is 38.4 Å². The molecule has 2 nitrogen and oxygen atoms in total. The number of rotatable bonds is 1. The molecule has 2 aromatic carbocycles. The molecule has 0 aliphatic heterocycles. The lowest BCUT2D eigenvalue weighted by molar-refractivity contribution is 0.411. The van der Waals surface area contributed by atoms with Gasteiger partial charge in [0.25, 0.3) is 0 Å². The first-order valence-corrected chi connectivity index (χ1v) is 10.1. The standard InChI is InChI=1S/C26H26N2/c1-25(2,3)15-16-11-18-8-10-28-24-19-13-17-7-6-9-27-22(17)14-20(19)26(4,5)21(12-16)23(18)24/h6-14H,15H2,1-5H3. The molecule has 0 N–H and O–H groups in total. The van der Waals surface area contributed by atoms with Gasteiger partial charge in [0.2, 0.25) is 0 Å². The molecule has 1 aliphatic carbocycles. The maximum atomic E-state index is 4.84. The second-order valence-corrected chi connectivity index (χ2v) is 9.86. The minimum Gasteiger partial charge on any atom is -0.256 e. The average molecular weight is 367 g/mol. The molecule has 0 spiro atoms. The minimum atomic E-state index is -0.0940. The minimum absolute atomic E-state index is 0.0940. The fourth-order valence-electron chi connectivity index (χ4n) is 4.77. The predicted octanol–water partition coefficient (Wildman–Crippen LogP) is 6.68. The second-order valence-electron chi connectivity index (χ2n) is 9.86. The largest absolute Gasteiger partial charge is 0.256 e. The first-order valence-electron chi connectivity index (χ1n) is 10.1. The zero-order valence-corrected chi connectivity index (χ0v) is 17.3. The summed E-state index contributed by atoms with van der Waals surface area (Å²) in [7, 11) is 0. The Labute approximate surface area is 166 Å². The van der Waals surface area contributed by atoms with Crippen LogP contribution < -0.4 is 0 Å². The Morgan fingerprint density at radius 2 is 1.68 bits per heavy atom. The predicted molar refractivity (Wildman–Crippen MR) is 118 cm³/mol. The van der Waals surface area contributed by atoms with E-state index >= 15 is 0 Å². The van der Waals surface area contributed by atoms with Crippen LogP contribution in [0.25, 0.3) is 32.9 Å². The van der Waals surface area contributed by atoms with Crippen LogP contribution in [0, 0.1) is 5.41 Å². The van der Waals surface area contributed by atoms with Crippen molar-refractivity contribution in [3.8, 4) is 11.3 Å². The van der Waals surface area contributed by atoms with Crippen LogP contribution in [0.1, 0.15) is 51.3 Å². The van der Waals surface area contributed by atoms with Gasteiger partial charge in [-0.05, 0) is 58.2 Å². The van der Waals surface area contributed by atoms with Crippen LogP contribution in [0.15, 0.2) is 54.9 Å². The van der Waals surface area contributed by atoms with Gasteiger partial charge in [0.05, 0.1) is 11.2 Å². The monoisotopic (exact) mass is 366 g/mol. The van der Waals surface area contributed by atoms with Gasteiger partial charge in [0.15, 0.2) is 0 Å². The fourth-order valence-corrected chi connectivity index (χ4v) is 4.77. The van der Waals surface area contributed by atoms with E-state index in [4.69, 9.17) is 4.98 Å². The van der Waals surface area contributed by atoms with Crippen LogP contribution in [0.4, 0.5) is 0 Å². The van der Waals surface area contributed by atoms with Gasteiger partial charge in [-0.25, -0.2) is 0 Å². The number of pyridine rings is 2. The molecular weight excluding hydrogens is 340 g/mol. The van der Waals surface area contributed by atoms with E-state index in [9.17, 15) is 0 Å². The Bertz CT molecular complexity index is 1240. The molecule has 4 aromatic rings. The Kier molecular flexibility index (Phi) is 3.49. The van der Waals surface area contributed by atoms with Crippen molar-refractivity contribution in [2.45, 2.75) is 46.5 Å². The summed E-state index contributed by atoms with van der Waals surface area (Å²) in [6.07, 6.45) is 4.90. The number of benzene rings is 2. The molecule has 1 aliphatic rings. The number of hydrogen-bond donors (Lipinski definition) is 0. The van der Waals surface area contributed by atoms with Crippen LogP contribution in [0.3, 0.4) is 0 Å². The lowest BCUT2D eigenvalue weighted by atomic mass is 9.68. The van der Waals surface area contributed by atoms with Gasteiger partial charge in [0, 0.05) is 34.1 Å². The summed E-state index contributed by atoms with van der Waals surface area (Å²) in [5.41, 5.74) is 7.67. The van der Waals surface area contributed by atoms with Gasteiger partial charge in [-0.3, -0.25) is 9.97 Å². The molecule has 0 saturated carbocycles. The molecule has 140 valence electrons. The molecule has 0 amide bonds. The SMILES string of the molecule is CC(C)(C)Cc1cc2c3c(nccc3c1)-c1cc3cccnc3cc1C2(C)C. The Morgan fingerprint density at radius 1 is 0.857 bits per heavy atom. The maximum absolute atomic E-state index is 4.84. The van der Waals surface area contributed by atoms with Gasteiger partial charge in [0.1, 0.15) is 0 Å². The van der Waals surface area contributed by atoms with E-state index in [1.807, 2.05) is 18.5 Å². The maximum Gasteiger partial charge on any atom is 0.0786 e. The summed E-state index contributed by atoms with van der Waals surface area (Å²) in [6, 6.07) is 15.6. The van der Waals surface area contributed by atoms with E-state index in [-0.39, 0.29) is 10.8 Å². The molecule has 0 radical (unpaired) electrons. The highest BCUT2D eigenvalue weighted by Crippen LogP contribution is 2.49. The molecule has 2 aromatic heterocycles. The second kappa shape index (κ2) is 5.64. The highest BCUT2D eigenvalue weighted by atomic mass is 14.7.